The molecule has 1 aliphatic heterocycles. The summed E-state index contributed by atoms with van der Waals surface area (Å²) < 4.78 is 3.02. The fourth-order valence-corrected chi connectivity index (χ4v) is 4.88. The third kappa shape index (κ3) is 5.30. The molecule has 0 unspecified atom stereocenters. The number of aromatic nitrogens is 2. The first kappa shape index (κ1) is 24.0. The predicted octanol–water partition coefficient (Wildman–Crippen LogP) is 3.08. The molecular weight excluding hydrogens is 428 g/mol. The normalized spacial score (nSPS) is 16.6. The average molecular weight is 463 g/mol. The Bertz CT molecular complexity index is 1260. The highest BCUT2D eigenvalue weighted by molar-refractivity contribution is 5.94. The number of fused-ring (bicyclic) bond motifs is 1. The Morgan fingerprint density at radius 1 is 1.00 bits per heavy atom. The fraction of sp³-hybridized carbons (Fsp3) is 0.444. The van der Waals surface area contributed by atoms with Crippen LogP contribution in [0.25, 0.3) is 11.0 Å². The summed E-state index contributed by atoms with van der Waals surface area (Å²) in [5.74, 6) is 0.672. The van der Waals surface area contributed by atoms with E-state index in [2.05, 4.69) is 17.1 Å². The lowest BCUT2D eigenvalue weighted by molar-refractivity contribution is 0.0950. The van der Waals surface area contributed by atoms with Crippen LogP contribution in [0, 0.1) is 5.92 Å². The Morgan fingerprint density at radius 2 is 1.68 bits per heavy atom. The van der Waals surface area contributed by atoms with Gasteiger partial charge in [0.2, 0.25) is 0 Å². The van der Waals surface area contributed by atoms with Crippen LogP contribution in [0.15, 0.2) is 58.1 Å². The molecule has 34 heavy (non-hydrogen) atoms. The topological polar surface area (TPSA) is 76.3 Å². The molecule has 0 radical (unpaired) electrons. The highest BCUT2D eigenvalue weighted by Gasteiger charge is 2.16. The molecule has 4 rings (SSSR count). The van der Waals surface area contributed by atoms with E-state index in [1.165, 1.54) is 22.0 Å². The molecule has 0 aliphatic carbocycles. The van der Waals surface area contributed by atoms with Gasteiger partial charge in [0, 0.05) is 25.2 Å². The fourth-order valence-electron chi connectivity index (χ4n) is 4.88. The first-order chi connectivity index (χ1) is 16.5. The molecule has 2 aromatic carbocycles. The molecule has 7 nitrogen and oxygen atoms in total. The average Bonchev–Trinajstić information content (AvgIpc) is 2.85. The standard InChI is InChI=1S/C27H34N4O3/c1-3-30-23-9-4-5-10-24(23)31(27(34)26(30)33)19-21-11-13-22(14-12-21)25(32)28-15-7-17-29-16-6-8-20(2)18-29/h4-5,9-14,20H,3,6-8,15-19H2,1-2H3,(H,28,32)/t20-/m0/s1. The van der Waals surface area contributed by atoms with Crippen LogP contribution in [-0.2, 0) is 13.1 Å². The van der Waals surface area contributed by atoms with Crippen LogP contribution in [0.4, 0.5) is 0 Å². The van der Waals surface area contributed by atoms with Crippen LogP contribution in [0.2, 0.25) is 0 Å². The van der Waals surface area contributed by atoms with Crippen molar-refractivity contribution in [2.45, 2.75) is 46.2 Å². The summed E-state index contributed by atoms with van der Waals surface area (Å²) >= 11 is 0. The van der Waals surface area contributed by atoms with Gasteiger partial charge in [0.1, 0.15) is 0 Å². The van der Waals surface area contributed by atoms with Crippen LogP contribution < -0.4 is 16.4 Å². The zero-order chi connectivity index (χ0) is 24.1. The summed E-state index contributed by atoms with van der Waals surface area (Å²) in [7, 11) is 0. The van der Waals surface area contributed by atoms with Crippen LogP contribution in [-0.4, -0.2) is 46.1 Å². The van der Waals surface area contributed by atoms with Gasteiger partial charge < -0.3 is 14.8 Å². The number of para-hydroxylation sites is 2. The third-order valence-corrected chi connectivity index (χ3v) is 6.69. The Balaban J connectivity index is 1.39. The van der Waals surface area contributed by atoms with E-state index in [4.69, 9.17) is 0 Å². The lowest BCUT2D eigenvalue weighted by Gasteiger charge is -2.30. The molecule has 3 aromatic rings. The van der Waals surface area contributed by atoms with Crippen LogP contribution in [0.5, 0.6) is 0 Å². The maximum absolute atomic E-state index is 12.8. The molecule has 1 atom stereocenters. The number of aryl methyl sites for hydroxylation is 1. The minimum atomic E-state index is -0.537. The van der Waals surface area contributed by atoms with Crippen molar-refractivity contribution in [1.29, 1.82) is 0 Å². The van der Waals surface area contributed by atoms with E-state index in [0.29, 0.717) is 18.7 Å². The number of rotatable bonds is 8. The number of carbonyl (C=O) groups is 1. The second-order valence-electron chi connectivity index (χ2n) is 9.28. The van der Waals surface area contributed by atoms with Crippen molar-refractivity contribution in [2.75, 3.05) is 26.2 Å². The number of piperidine rings is 1. The number of nitrogens with zero attached hydrogens (tertiary/aromatic N) is 3. The number of hydrogen-bond acceptors (Lipinski definition) is 4. The monoisotopic (exact) mass is 462 g/mol. The Morgan fingerprint density at radius 3 is 2.35 bits per heavy atom. The Hall–Kier alpha value is -3.19. The maximum Gasteiger partial charge on any atom is 0.317 e. The van der Waals surface area contributed by atoms with Crippen molar-refractivity contribution in [2.24, 2.45) is 5.92 Å². The molecule has 0 saturated carbocycles. The van der Waals surface area contributed by atoms with Gasteiger partial charge in [-0.1, -0.05) is 31.2 Å². The number of hydrogen-bond donors (Lipinski definition) is 1. The lowest BCUT2D eigenvalue weighted by Crippen LogP contribution is -2.41. The Kier molecular flexibility index (Phi) is 7.63. The Labute approximate surface area is 200 Å². The summed E-state index contributed by atoms with van der Waals surface area (Å²) in [4.78, 5) is 40.4. The predicted molar refractivity (Wildman–Crippen MR) is 135 cm³/mol. The first-order valence-electron chi connectivity index (χ1n) is 12.3. The highest BCUT2D eigenvalue weighted by Crippen LogP contribution is 2.15. The molecule has 1 fully saturated rings. The van der Waals surface area contributed by atoms with Gasteiger partial charge in [-0.25, -0.2) is 0 Å². The van der Waals surface area contributed by atoms with Gasteiger partial charge in [0.25, 0.3) is 5.91 Å². The van der Waals surface area contributed by atoms with E-state index in [-0.39, 0.29) is 12.5 Å². The minimum Gasteiger partial charge on any atom is -0.352 e. The molecule has 1 aromatic heterocycles. The van der Waals surface area contributed by atoms with E-state index in [9.17, 15) is 14.4 Å². The molecule has 1 amide bonds. The van der Waals surface area contributed by atoms with Gasteiger partial charge >= 0.3 is 11.1 Å². The SMILES string of the molecule is CCn1c(=O)c(=O)n(Cc2ccc(C(=O)NCCCN3CCC[C@H](C)C3)cc2)c2ccccc21. The summed E-state index contributed by atoms with van der Waals surface area (Å²) in [6, 6.07) is 14.7. The molecule has 1 N–H and O–H groups in total. The minimum absolute atomic E-state index is 0.0910. The second-order valence-corrected chi connectivity index (χ2v) is 9.28. The van der Waals surface area contributed by atoms with Gasteiger partial charge in [-0.15, -0.1) is 0 Å². The van der Waals surface area contributed by atoms with E-state index in [1.54, 1.807) is 12.1 Å². The van der Waals surface area contributed by atoms with Gasteiger partial charge in [-0.2, -0.15) is 0 Å². The van der Waals surface area contributed by atoms with Gasteiger partial charge in [0.15, 0.2) is 0 Å². The van der Waals surface area contributed by atoms with Crippen molar-refractivity contribution < 1.29 is 4.79 Å². The first-order valence-corrected chi connectivity index (χ1v) is 12.3. The molecule has 180 valence electrons. The molecule has 1 saturated heterocycles. The van der Waals surface area contributed by atoms with E-state index in [0.717, 1.165) is 48.6 Å². The molecular formula is C27H34N4O3. The zero-order valence-electron chi connectivity index (χ0n) is 20.1. The molecule has 1 aliphatic rings. The van der Waals surface area contributed by atoms with Crippen molar-refractivity contribution in [1.82, 2.24) is 19.4 Å². The smallest absolute Gasteiger partial charge is 0.317 e. The third-order valence-electron chi connectivity index (χ3n) is 6.69. The molecule has 2 heterocycles. The number of likely N-dealkylation sites (tertiary alicyclic amines) is 1. The van der Waals surface area contributed by atoms with Crippen molar-refractivity contribution in [3.05, 3.63) is 80.4 Å². The summed E-state index contributed by atoms with van der Waals surface area (Å²) in [5.41, 5.74) is 1.86. The highest BCUT2D eigenvalue weighted by atomic mass is 16.2. The van der Waals surface area contributed by atoms with Crippen molar-refractivity contribution in [3.63, 3.8) is 0 Å². The van der Waals surface area contributed by atoms with E-state index >= 15 is 0 Å². The van der Waals surface area contributed by atoms with Crippen LogP contribution in [0.1, 0.15) is 49.0 Å². The van der Waals surface area contributed by atoms with E-state index in [1.807, 2.05) is 43.3 Å². The van der Waals surface area contributed by atoms with Gasteiger partial charge in [-0.05, 0) is 75.0 Å². The van der Waals surface area contributed by atoms with Gasteiger partial charge in [0.05, 0.1) is 17.6 Å². The second kappa shape index (κ2) is 10.8. The van der Waals surface area contributed by atoms with Gasteiger partial charge in [-0.3, -0.25) is 19.0 Å². The van der Waals surface area contributed by atoms with Crippen molar-refractivity contribution >= 4 is 16.9 Å². The number of benzene rings is 2. The number of amides is 1. The number of nitrogens with one attached hydrogen (secondary N) is 1. The quantitative estimate of drug-likeness (QED) is 0.412. The maximum atomic E-state index is 12.8. The van der Waals surface area contributed by atoms with Crippen LogP contribution in [0.3, 0.4) is 0 Å². The molecule has 0 bridgehead atoms. The summed E-state index contributed by atoms with van der Waals surface area (Å²) in [5, 5.41) is 3.01. The zero-order valence-corrected chi connectivity index (χ0v) is 20.1. The largest absolute Gasteiger partial charge is 0.352 e. The molecule has 0 spiro atoms. The number of carbonyl (C=O) groups excluding carboxylic acids is 1. The van der Waals surface area contributed by atoms with Crippen molar-refractivity contribution in [3.8, 4) is 0 Å². The molecule has 7 heteroatoms. The van der Waals surface area contributed by atoms with E-state index < -0.39 is 11.1 Å². The summed E-state index contributed by atoms with van der Waals surface area (Å²) in [6.45, 7) is 8.85. The van der Waals surface area contributed by atoms with Crippen LogP contribution >= 0.6 is 0 Å². The lowest BCUT2D eigenvalue weighted by atomic mass is 10.0. The summed E-state index contributed by atoms with van der Waals surface area (Å²) in [6.07, 6.45) is 3.52.